The van der Waals surface area contributed by atoms with E-state index in [0.29, 0.717) is 0 Å². The maximum atomic E-state index is 4.67. The van der Waals surface area contributed by atoms with Crippen LogP contribution in [0.1, 0.15) is 0 Å². The van der Waals surface area contributed by atoms with Crippen molar-refractivity contribution in [2.75, 3.05) is 0 Å². The Balaban J connectivity index is 0.00000180. The zero-order chi connectivity index (χ0) is 17.3. The van der Waals surface area contributed by atoms with E-state index < -0.39 is 0 Å². The van der Waals surface area contributed by atoms with E-state index in [9.17, 15) is 0 Å². The van der Waals surface area contributed by atoms with Crippen LogP contribution in [0.15, 0.2) is 97.3 Å². The summed E-state index contributed by atoms with van der Waals surface area (Å²) in [7, 11) is 0. The summed E-state index contributed by atoms with van der Waals surface area (Å²) in [6.07, 6.45) is 3.75. The number of fused-ring (bicyclic) bond motifs is 3. The summed E-state index contributed by atoms with van der Waals surface area (Å²) in [5.74, 6) is 0. The molecule has 2 nitrogen and oxygen atoms in total. The van der Waals surface area contributed by atoms with Gasteiger partial charge in [0, 0.05) is 23.2 Å². The van der Waals surface area contributed by atoms with Crippen molar-refractivity contribution in [2.45, 2.75) is 0 Å². The van der Waals surface area contributed by atoms with Gasteiger partial charge in [-0.25, -0.2) is 0 Å². The van der Waals surface area contributed by atoms with Crippen molar-refractivity contribution in [3.05, 3.63) is 97.3 Å². The smallest absolute Gasteiger partial charge is 0.254 e. The number of hydrogen-bond donors (Lipinski definition) is 0. The molecule has 0 fully saturated rings. The Bertz CT molecular complexity index is 1120. The normalized spacial score (nSPS) is 10.7. The first-order chi connectivity index (χ1) is 12.9. The molecule has 27 heavy (non-hydrogen) atoms. The maximum Gasteiger partial charge on any atom is 2.00 e. The van der Waals surface area contributed by atoms with Gasteiger partial charge in [-0.3, -0.25) is 9.97 Å². The van der Waals surface area contributed by atoms with Crippen LogP contribution >= 0.6 is 0 Å². The first-order valence-electron chi connectivity index (χ1n) is 8.69. The minimum atomic E-state index is 0. The van der Waals surface area contributed by atoms with Crippen molar-refractivity contribution in [2.24, 2.45) is 0 Å². The minimum absolute atomic E-state index is 0. The SMILES string of the molecule is [Ru+2].c1ccc(-c2ccnc3c2ccc2c(-c4ccccc4)ccnc23)cc1. The van der Waals surface area contributed by atoms with E-state index in [-0.39, 0.29) is 19.5 Å². The third kappa shape index (κ3) is 3.05. The molecular weight excluding hydrogens is 417 g/mol. The molecule has 5 aromatic rings. The topological polar surface area (TPSA) is 25.8 Å². The van der Waals surface area contributed by atoms with Gasteiger partial charge < -0.3 is 0 Å². The van der Waals surface area contributed by atoms with Crippen molar-refractivity contribution in [1.29, 1.82) is 0 Å². The van der Waals surface area contributed by atoms with Gasteiger partial charge in [-0.15, -0.1) is 0 Å². The zero-order valence-corrected chi connectivity index (χ0v) is 16.2. The van der Waals surface area contributed by atoms with Gasteiger partial charge in [-0.05, 0) is 34.4 Å². The molecule has 2 aromatic heterocycles. The van der Waals surface area contributed by atoms with E-state index in [1.807, 2.05) is 24.5 Å². The second-order valence-corrected chi connectivity index (χ2v) is 6.31. The average molecular weight is 433 g/mol. The fourth-order valence-electron chi connectivity index (χ4n) is 3.57. The van der Waals surface area contributed by atoms with Gasteiger partial charge in [0.1, 0.15) is 0 Å². The second-order valence-electron chi connectivity index (χ2n) is 6.31. The third-order valence-electron chi connectivity index (χ3n) is 4.79. The van der Waals surface area contributed by atoms with E-state index in [1.165, 1.54) is 22.3 Å². The van der Waals surface area contributed by atoms with Gasteiger partial charge in [-0.1, -0.05) is 72.8 Å². The predicted molar refractivity (Wildman–Crippen MR) is 108 cm³/mol. The maximum absolute atomic E-state index is 4.67. The molecular formula is C24H16N2Ru+2. The number of rotatable bonds is 2. The van der Waals surface area contributed by atoms with Crippen molar-refractivity contribution in [3.63, 3.8) is 0 Å². The molecule has 0 radical (unpaired) electrons. The van der Waals surface area contributed by atoms with E-state index in [4.69, 9.17) is 0 Å². The Morgan fingerprint density at radius 1 is 0.444 bits per heavy atom. The van der Waals surface area contributed by atoms with Crippen LogP contribution in [0.4, 0.5) is 0 Å². The summed E-state index contributed by atoms with van der Waals surface area (Å²) in [6, 6.07) is 29.3. The molecule has 3 heteroatoms. The molecule has 0 aliphatic heterocycles. The molecule has 0 atom stereocenters. The number of hydrogen-bond acceptors (Lipinski definition) is 2. The molecule has 128 valence electrons. The monoisotopic (exact) mass is 434 g/mol. The third-order valence-corrected chi connectivity index (χ3v) is 4.79. The van der Waals surface area contributed by atoms with Crippen molar-refractivity contribution < 1.29 is 19.5 Å². The summed E-state index contributed by atoms with van der Waals surface area (Å²) >= 11 is 0. The Morgan fingerprint density at radius 3 is 1.26 bits per heavy atom. The number of nitrogens with zero attached hydrogens (tertiary/aromatic N) is 2. The van der Waals surface area contributed by atoms with Crippen LogP contribution in [0.2, 0.25) is 0 Å². The van der Waals surface area contributed by atoms with Gasteiger partial charge in [0.25, 0.3) is 0 Å². The number of aromatic nitrogens is 2. The first kappa shape index (κ1) is 17.5. The summed E-state index contributed by atoms with van der Waals surface area (Å²) < 4.78 is 0. The Kier molecular flexibility index (Phi) is 4.79. The molecule has 0 saturated heterocycles. The van der Waals surface area contributed by atoms with Gasteiger partial charge in [0.05, 0.1) is 11.0 Å². The Labute approximate surface area is 170 Å². The Hall–Kier alpha value is -2.90. The molecule has 0 unspecified atom stereocenters. The fourth-order valence-corrected chi connectivity index (χ4v) is 3.57. The quantitative estimate of drug-likeness (QED) is 0.248. The average Bonchev–Trinajstić information content (AvgIpc) is 2.74. The van der Waals surface area contributed by atoms with E-state index in [1.54, 1.807) is 0 Å². The molecule has 0 bridgehead atoms. The minimum Gasteiger partial charge on any atom is -0.254 e. The van der Waals surface area contributed by atoms with Crippen LogP contribution in [0.5, 0.6) is 0 Å². The summed E-state index contributed by atoms with van der Waals surface area (Å²) in [5, 5.41) is 2.26. The summed E-state index contributed by atoms with van der Waals surface area (Å²) in [4.78, 5) is 9.34. The number of pyridine rings is 2. The Morgan fingerprint density at radius 2 is 0.852 bits per heavy atom. The van der Waals surface area contributed by atoms with Crippen molar-refractivity contribution in [3.8, 4) is 22.3 Å². The molecule has 5 rings (SSSR count). The van der Waals surface area contributed by atoms with Gasteiger partial charge >= 0.3 is 19.5 Å². The second kappa shape index (κ2) is 7.38. The molecule has 2 heterocycles. The van der Waals surface area contributed by atoms with Crippen LogP contribution in [-0.4, -0.2) is 9.97 Å². The molecule has 0 aliphatic rings. The summed E-state index contributed by atoms with van der Waals surface area (Å²) in [6.45, 7) is 0. The van der Waals surface area contributed by atoms with Crippen LogP contribution in [-0.2, 0) is 19.5 Å². The molecule has 0 amide bonds. The molecule has 0 spiro atoms. The standard InChI is InChI=1S/C24H16N2.Ru/c1-3-7-17(8-4-1)19-13-15-25-23-21(19)11-12-22-20(14-16-26-24(22)23)18-9-5-2-6-10-18;/h1-16H;/q;+2. The number of benzene rings is 3. The predicted octanol–water partition coefficient (Wildman–Crippen LogP) is 6.11. The molecule has 0 saturated carbocycles. The van der Waals surface area contributed by atoms with E-state index >= 15 is 0 Å². The molecule has 3 aromatic carbocycles. The van der Waals surface area contributed by atoms with Gasteiger partial charge in [-0.2, -0.15) is 0 Å². The first-order valence-corrected chi connectivity index (χ1v) is 8.69. The largest absolute Gasteiger partial charge is 2.00 e. The van der Waals surface area contributed by atoms with E-state index in [2.05, 4.69) is 82.8 Å². The van der Waals surface area contributed by atoms with Crippen LogP contribution < -0.4 is 0 Å². The van der Waals surface area contributed by atoms with Crippen molar-refractivity contribution >= 4 is 21.8 Å². The van der Waals surface area contributed by atoms with Crippen LogP contribution in [0.25, 0.3) is 44.1 Å². The summed E-state index contributed by atoms with van der Waals surface area (Å²) in [5.41, 5.74) is 6.65. The zero-order valence-electron chi connectivity index (χ0n) is 14.5. The van der Waals surface area contributed by atoms with Crippen LogP contribution in [0, 0.1) is 0 Å². The molecule has 0 aliphatic carbocycles. The fraction of sp³-hybridized carbons (Fsp3) is 0. The van der Waals surface area contributed by atoms with Gasteiger partial charge in [0.15, 0.2) is 0 Å². The van der Waals surface area contributed by atoms with Gasteiger partial charge in [0.2, 0.25) is 0 Å². The molecule has 0 N–H and O–H groups in total. The van der Waals surface area contributed by atoms with E-state index in [0.717, 1.165) is 21.8 Å². The van der Waals surface area contributed by atoms with Crippen LogP contribution in [0.3, 0.4) is 0 Å². The van der Waals surface area contributed by atoms with Crippen molar-refractivity contribution in [1.82, 2.24) is 9.97 Å².